The van der Waals surface area contributed by atoms with Gasteiger partial charge in [0, 0.05) is 12.1 Å². The third-order valence-corrected chi connectivity index (χ3v) is 4.11. The Morgan fingerprint density at radius 2 is 1.80 bits per heavy atom. The Bertz CT molecular complexity index is 644. The molecule has 1 aliphatic rings. The number of carbonyl (C=O) groups excluding carboxylic acids is 3. The SMILES string of the molecule is COC(=O)c1ccc(/C=C/C(=O)OC(C)C(=O)NC2CCCC2)cc1. The number of nitrogens with one attached hydrogen (secondary N) is 1. The van der Waals surface area contributed by atoms with E-state index in [0.29, 0.717) is 5.56 Å². The molecule has 0 aliphatic heterocycles. The van der Waals surface area contributed by atoms with Crippen molar-refractivity contribution >= 4 is 23.9 Å². The van der Waals surface area contributed by atoms with Gasteiger partial charge in [0.15, 0.2) is 6.10 Å². The molecular formula is C19H23NO5. The average molecular weight is 345 g/mol. The van der Waals surface area contributed by atoms with Gasteiger partial charge in [-0.1, -0.05) is 25.0 Å². The molecule has 1 aliphatic carbocycles. The topological polar surface area (TPSA) is 81.7 Å². The molecule has 0 bridgehead atoms. The minimum atomic E-state index is -0.834. The predicted octanol–water partition coefficient (Wildman–Crippen LogP) is 2.48. The number of carbonyl (C=O) groups is 3. The van der Waals surface area contributed by atoms with Gasteiger partial charge in [-0.15, -0.1) is 0 Å². The van der Waals surface area contributed by atoms with Gasteiger partial charge in [0.1, 0.15) is 0 Å². The lowest BCUT2D eigenvalue weighted by molar-refractivity contribution is -0.150. The van der Waals surface area contributed by atoms with Crippen molar-refractivity contribution in [3.05, 3.63) is 41.5 Å². The van der Waals surface area contributed by atoms with E-state index in [1.165, 1.54) is 13.2 Å². The van der Waals surface area contributed by atoms with Crippen molar-refractivity contribution in [2.24, 2.45) is 0 Å². The molecule has 1 saturated carbocycles. The van der Waals surface area contributed by atoms with E-state index in [2.05, 4.69) is 10.1 Å². The maximum Gasteiger partial charge on any atom is 0.337 e. The minimum absolute atomic E-state index is 0.192. The van der Waals surface area contributed by atoms with Gasteiger partial charge in [-0.2, -0.15) is 0 Å². The summed E-state index contributed by atoms with van der Waals surface area (Å²) in [6.07, 6.45) is 6.19. The third-order valence-electron chi connectivity index (χ3n) is 4.11. The normalized spacial score (nSPS) is 15.8. The zero-order valence-electron chi connectivity index (χ0n) is 14.5. The molecule has 6 heteroatoms. The first-order valence-electron chi connectivity index (χ1n) is 8.37. The van der Waals surface area contributed by atoms with Crippen LogP contribution in [0.5, 0.6) is 0 Å². The zero-order chi connectivity index (χ0) is 18.2. The zero-order valence-corrected chi connectivity index (χ0v) is 14.5. The fraction of sp³-hybridized carbons (Fsp3) is 0.421. The number of hydrogen-bond donors (Lipinski definition) is 1. The molecule has 1 N–H and O–H groups in total. The number of benzene rings is 1. The summed E-state index contributed by atoms with van der Waals surface area (Å²) in [5.41, 5.74) is 1.16. The van der Waals surface area contributed by atoms with Gasteiger partial charge in [0.05, 0.1) is 12.7 Å². The van der Waals surface area contributed by atoms with Gasteiger partial charge in [-0.3, -0.25) is 4.79 Å². The van der Waals surface area contributed by atoms with Crippen LogP contribution in [0.1, 0.15) is 48.5 Å². The second-order valence-electron chi connectivity index (χ2n) is 6.02. The summed E-state index contributed by atoms with van der Waals surface area (Å²) in [5, 5.41) is 2.90. The van der Waals surface area contributed by atoms with E-state index in [-0.39, 0.29) is 11.9 Å². The number of amides is 1. The van der Waals surface area contributed by atoms with Crippen LogP contribution in [0.4, 0.5) is 0 Å². The molecule has 1 unspecified atom stereocenters. The van der Waals surface area contributed by atoms with Gasteiger partial charge in [0.2, 0.25) is 0 Å². The quantitative estimate of drug-likeness (QED) is 0.633. The molecule has 0 aromatic heterocycles. The average Bonchev–Trinajstić information content (AvgIpc) is 3.12. The molecule has 1 atom stereocenters. The summed E-state index contributed by atoms with van der Waals surface area (Å²) >= 11 is 0. The molecule has 0 spiro atoms. The van der Waals surface area contributed by atoms with E-state index in [9.17, 15) is 14.4 Å². The first-order valence-corrected chi connectivity index (χ1v) is 8.37. The molecule has 1 amide bonds. The van der Waals surface area contributed by atoms with E-state index in [0.717, 1.165) is 31.2 Å². The van der Waals surface area contributed by atoms with E-state index in [1.807, 2.05) is 0 Å². The molecule has 0 radical (unpaired) electrons. The van der Waals surface area contributed by atoms with Crippen LogP contribution in [0.25, 0.3) is 6.08 Å². The highest BCUT2D eigenvalue weighted by Crippen LogP contribution is 2.17. The largest absolute Gasteiger partial charge is 0.465 e. The molecule has 1 aromatic carbocycles. The molecule has 2 rings (SSSR count). The summed E-state index contributed by atoms with van der Waals surface area (Å²) in [6, 6.07) is 6.78. The smallest absolute Gasteiger partial charge is 0.337 e. The summed E-state index contributed by atoms with van der Waals surface area (Å²) < 4.78 is 9.73. The van der Waals surface area contributed by atoms with E-state index in [1.54, 1.807) is 37.3 Å². The molecule has 1 fully saturated rings. The first-order chi connectivity index (χ1) is 12.0. The lowest BCUT2D eigenvalue weighted by atomic mass is 10.1. The summed E-state index contributed by atoms with van der Waals surface area (Å²) in [7, 11) is 1.32. The molecular weight excluding hydrogens is 322 g/mol. The lowest BCUT2D eigenvalue weighted by Crippen LogP contribution is -2.40. The van der Waals surface area contributed by atoms with Gasteiger partial charge < -0.3 is 14.8 Å². The first kappa shape index (κ1) is 18.7. The highest BCUT2D eigenvalue weighted by molar-refractivity contribution is 5.91. The van der Waals surface area contributed by atoms with Crippen molar-refractivity contribution in [3.63, 3.8) is 0 Å². The van der Waals surface area contributed by atoms with Gasteiger partial charge in [-0.25, -0.2) is 9.59 Å². The van der Waals surface area contributed by atoms with E-state index in [4.69, 9.17) is 4.74 Å². The number of esters is 2. The van der Waals surface area contributed by atoms with Crippen LogP contribution >= 0.6 is 0 Å². The lowest BCUT2D eigenvalue weighted by Gasteiger charge is -2.16. The minimum Gasteiger partial charge on any atom is -0.465 e. The van der Waals surface area contributed by atoms with Gasteiger partial charge in [0.25, 0.3) is 5.91 Å². The Labute approximate surface area is 147 Å². The molecule has 6 nitrogen and oxygen atoms in total. The van der Waals surface area contributed by atoms with Crippen LogP contribution in [-0.4, -0.2) is 37.1 Å². The molecule has 134 valence electrons. The highest BCUT2D eigenvalue weighted by atomic mass is 16.5. The van der Waals surface area contributed by atoms with Crippen LogP contribution in [0.3, 0.4) is 0 Å². The monoisotopic (exact) mass is 345 g/mol. The number of ether oxygens (including phenoxy) is 2. The summed E-state index contributed by atoms with van der Waals surface area (Å²) in [4.78, 5) is 35.2. The number of rotatable bonds is 6. The maximum atomic E-state index is 12.0. The fourth-order valence-corrected chi connectivity index (χ4v) is 2.67. The number of methoxy groups -OCH3 is 1. The van der Waals surface area contributed by atoms with Crippen LogP contribution in [-0.2, 0) is 19.1 Å². The Balaban J connectivity index is 1.82. The van der Waals surface area contributed by atoms with E-state index >= 15 is 0 Å². The van der Waals surface area contributed by atoms with Crippen molar-refractivity contribution in [3.8, 4) is 0 Å². The fourth-order valence-electron chi connectivity index (χ4n) is 2.67. The standard InChI is InChI=1S/C19H23NO5/c1-13(18(22)20-16-5-3-4-6-16)25-17(21)12-9-14-7-10-15(11-8-14)19(23)24-2/h7-13,16H,3-6H2,1-2H3,(H,20,22)/b12-9+. The van der Waals surface area contributed by atoms with Gasteiger partial charge in [-0.05, 0) is 43.5 Å². The van der Waals surface area contributed by atoms with Crippen molar-refractivity contribution in [2.75, 3.05) is 7.11 Å². The van der Waals surface area contributed by atoms with Crippen molar-refractivity contribution in [2.45, 2.75) is 44.8 Å². The Morgan fingerprint density at radius 3 is 2.40 bits per heavy atom. The predicted molar refractivity (Wildman–Crippen MR) is 92.8 cm³/mol. The Morgan fingerprint density at radius 1 is 1.16 bits per heavy atom. The van der Waals surface area contributed by atoms with Crippen LogP contribution in [0.2, 0.25) is 0 Å². The maximum absolute atomic E-state index is 12.0. The van der Waals surface area contributed by atoms with E-state index < -0.39 is 18.0 Å². The second-order valence-corrected chi connectivity index (χ2v) is 6.02. The van der Waals surface area contributed by atoms with Crippen molar-refractivity contribution in [1.29, 1.82) is 0 Å². The second kappa shape index (κ2) is 9.01. The number of hydrogen-bond acceptors (Lipinski definition) is 5. The van der Waals surface area contributed by atoms with Crippen LogP contribution in [0.15, 0.2) is 30.3 Å². The Hall–Kier alpha value is -2.63. The van der Waals surface area contributed by atoms with Crippen LogP contribution < -0.4 is 5.32 Å². The molecule has 0 saturated heterocycles. The third kappa shape index (κ3) is 5.74. The molecule has 25 heavy (non-hydrogen) atoms. The summed E-state index contributed by atoms with van der Waals surface area (Å²) in [6.45, 7) is 1.56. The van der Waals surface area contributed by atoms with Crippen LogP contribution in [0, 0.1) is 0 Å². The highest BCUT2D eigenvalue weighted by Gasteiger charge is 2.22. The Kier molecular flexibility index (Phi) is 6.74. The molecule has 0 heterocycles. The van der Waals surface area contributed by atoms with Crippen molar-refractivity contribution in [1.82, 2.24) is 5.32 Å². The van der Waals surface area contributed by atoms with Gasteiger partial charge >= 0.3 is 11.9 Å². The van der Waals surface area contributed by atoms with Crippen molar-refractivity contribution < 1.29 is 23.9 Å². The molecule has 1 aromatic rings. The summed E-state index contributed by atoms with van der Waals surface area (Å²) in [5.74, 6) is -1.28.